The average molecular weight is 850 g/mol. The summed E-state index contributed by atoms with van der Waals surface area (Å²) in [5, 5.41) is 6.45. The molecule has 0 saturated heterocycles. The van der Waals surface area contributed by atoms with Gasteiger partial charge in [0.15, 0.2) is 0 Å². The standard InChI is InChI=1S/C60H39N3O3/c1-3-15-40(16-4-1)61(46-29-32-58-52(37-46)49-23-7-10-26-55(49)64-58)42-19-13-21-44(35-42)63(48-31-34-60-54(39-48)51-25-9-12-28-57(51)66-60)45-22-14-20-43(36-45)62(41-17-5-2-6-18-41)47-30-33-59-53(38-47)50-24-8-11-27-56(50)65-59/h1-39H. The number of anilines is 9. The predicted octanol–water partition coefficient (Wildman–Crippen LogP) is 17.8. The molecule has 0 atom stereocenters. The summed E-state index contributed by atoms with van der Waals surface area (Å²) in [7, 11) is 0. The van der Waals surface area contributed by atoms with Gasteiger partial charge in [0.1, 0.15) is 33.5 Å². The molecule has 0 N–H and O–H groups in total. The van der Waals surface area contributed by atoms with Crippen molar-refractivity contribution < 1.29 is 13.3 Å². The van der Waals surface area contributed by atoms with Gasteiger partial charge in [-0.1, -0.05) is 103 Å². The Morgan fingerprint density at radius 1 is 0.182 bits per heavy atom. The highest BCUT2D eigenvalue weighted by atomic mass is 16.3. The lowest BCUT2D eigenvalue weighted by Crippen LogP contribution is -2.14. The van der Waals surface area contributed by atoms with Gasteiger partial charge in [0.25, 0.3) is 0 Å². The normalized spacial score (nSPS) is 11.6. The Balaban J connectivity index is 0.998. The minimum Gasteiger partial charge on any atom is -0.456 e. The molecular weight excluding hydrogens is 811 g/mol. The van der Waals surface area contributed by atoms with Crippen LogP contribution in [0.4, 0.5) is 51.2 Å². The summed E-state index contributed by atoms with van der Waals surface area (Å²) in [5.41, 5.74) is 14.3. The third-order valence-electron chi connectivity index (χ3n) is 12.6. The van der Waals surface area contributed by atoms with Gasteiger partial charge in [-0.05, 0) is 133 Å². The molecule has 0 aliphatic rings. The van der Waals surface area contributed by atoms with Crippen molar-refractivity contribution in [1.29, 1.82) is 0 Å². The largest absolute Gasteiger partial charge is 0.456 e. The van der Waals surface area contributed by atoms with Crippen molar-refractivity contribution in [2.45, 2.75) is 0 Å². The Bertz CT molecular complexity index is 3720. The van der Waals surface area contributed by atoms with E-state index in [0.29, 0.717) is 0 Å². The van der Waals surface area contributed by atoms with Crippen LogP contribution in [0.25, 0.3) is 65.8 Å². The van der Waals surface area contributed by atoms with Crippen molar-refractivity contribution in [2.75, 3.05) is 14.7 Å². The molecule has 13 rings (SSSR count). The van der Waals surface area contributed by atoms with Gasteiger partial charge in [-0.3, -0.25) is 0 Å². The molecule has 0 bridgehead atoms. The highest BCUT2D eigenvalue weighted by Crippen LogP contribution is 2.46. The molecule has 0 amide bonds. The van der Waals surface area contributed by atoms with E-state index in [2.05, 4.69) is 215 Å². The van der Waals surface area contributed by atoms with Crippen LogP contribution < -0.4 is 14.7 Å². The first-order valence-electron chi connectivity index (χ1n) is 22.1. The van der Waals surface area contributed by atoms with Gasteiger partial charge in [-0.25, -0.2) is 0 Å². The van der Waals surface area contributed by atoms with E-state index in [4.69, 9.17) is 13.3 Å². The van der Waals surface area contributed by atoms with Crippen LogP contribution in [-0.4, -0.2) is 0 Å². The summed E-state index contributed by atoms with van der Waals surface area (Å²) in [6, 6.07) is 82.9. The number of hydrogen-bond acceptors (Lipinski definition) is 6. The van der Waals surface area contributed by atoms with E-state index in [1.807, 2.05) is 36.4 Å². The molecule has 0 saturated carbocycles. The molecule has 66 heavy (non-hydrogen) atoms. The molecule has 6 heteroatoms. The summed E-state index contributed by atoms with van der Waals surface area (Å²) in [6.45, 7) is 0. The second-order valence-corrected chi connectivity index (χ2v) is 16.6. The third kappa shape index (κ3) is 6.34. The van der Waals surface area contributed by atoms with Crippen LogP contribution in [0.15, 0.2) is 250 Å². The van der Waals surface area contributed by atoms with Crippen molar-refractivity contribution >= 4 is 117 Å². The lowest BCUT2D eigenvalue weighted by atomic mass is 10.1. The van der Waals surface area contributed by atoms with Gasteiger partial charge < -0.3 is 28.0 Å². The zero-order chi connectivity index (χ0) is 43.6. The molecule has 0 spiro atoms. The molecular formula is C60H39N3O3. The fraction of sp³-hybridized carbons (Fsp3) is 0. The number of fused-ring (bicyclic) bond motifs is 9. The zero-order valence-corrected chi connectivity index (χ0v) is 35.6. The topological polar surface area (TPSA) is 49.1 Å². The second kappa shape index (κ2) is 15.4. The summed E-state index contributed by atoms with van der Waals surface area (Å²) >= 11 is 0. The van der Waals surface area contributed by atoms with E-state index >= 15 is 0 Å². The number of benzene rings is 10. The number of hydrogen-bond donors (Lipinski definition) is 0. The van der Waals surface area contributed by atoms with Crippen molar-refractivity contribution in [3.63, 3.8) is 0 Å². The molecule has 0 aliphatic heterocycles. The SMILES string of the molecule is c1ccc(N(c2cccc(N(c3cccc(N(c4ccccc4)c4ccc5oc6ccccc6c5c4)c3)c3ccc4oc5ccccc5c4c3)c2)c2ccc3oc4ccccc4c3c2)cc1. The van der Waals surface area contributed by atoms with Gasteiger partial charge in [-0.15, -0.1) is 0 Å². The van der Waals surface area contributed by atoms with Crippen molar-refractivity contribution in [2.24, 2.45) is 0 Å². The van der Waals surface area contributed by atoms with Gasteiger partial charge in [0, 0.05) is 83.5 Å². The van der Waals surface area contributed by atoms with Crippen LogP contribution in [0.2, 0.25) is 0 Å². The van der Waals surface area contributed by atoms with Crippen LogP contribution in [0.1, 0.15) is 0 Å². The Hall–Kier alpha value is -9.00. The van der Waals surface area contributed by atoms with Crippen LogP contribution in [0.5, 0.6) is 0 Å². The summed E-state index contributed by atoms with van der Waals surface area (Å²) in [6.07, 6.45) is 0. The van der Waals surface area contributed by atoms with Gasteiger partial charge >= 0.3 is 0 Å². The highest BCUT2D eigenvalue weighted by Gasteiger charge is 2.22. The van der Waals surface area contributed by atoms with Gasteiger partial charge in [0.2, 0.25) is 0 Å². The van der Waals surface area contributed by atoms with Crippen LogP contribution in [0.3, 0.4) is 0 Å². The van der Waals surface area contributed by atoms with Crippen molar-refractivity contribution in [3.05, 3.63) is 237 Å². The number of furan rings is 3. The Morgan fingerprint density at radius 2 is 0.439 bits per heavy atom. The Labute approximate surface area is 380 Å². The van der Waals surface area contributed by atoms with E-state index in [0.717, 1.165) is 117 Å². The minimum absolute atomic E-state index is 0.845. The maximum Gasteiger partial charge on any atom is 0.135 e. The lowest BCUT2D eigenvalue weighted by Gasteiger charge is -2.31. The molecule has 0 radical (unpaired) electrons. The molecule has 312 valence electrons. The van der Waals surface area contributed by atoms with Crippen molar-refractivity contribution in [3.8, 4) is 0 Å². The van der Waals surface area contributed by atoms with E-state index < -0.39 is 0 Å². The van der Waals surface area contributed by atoms with Crippen LogP contribution >= 0.6 is 0 Å². The van der Waals surface area contributed by atoms with E-state index in [1.54, 1.807) is 0 Å². The highest BCUT2D eigenvalue weighted by molar-refractivity contribution is 6.09. The first kappa shape index (κ1) is 37.5. The van der Waals surface area contributed by atoms with Crippen molar-refractivity contribution in [1.82, 2.24) is 0 Å². The third-order valence-corrected chi connectivity index (χ3v) is 12.6. The van der Waals surface area contributed by atoms with Gasteiger partial charge in [0.05, 0.1) is 0 Å². The fourth-order valence-electron chi connectivity index (χ4n) is 9.60. The molecule has 6 nitrogen and oxygen atoms in total. The molecule has 13 aromatic rings. The monoisotopic (exact) mass is 849 g/mol. The Kier molecular flexibility index (Phi) is 8.74. The molecule has 10 aromatic carbocycles. The number of para-hydroxylation sites is 5. The van der Waals surface area contributed by atoms with E-state index in [1.165, 1.54) is 0 Å². The average Bonchev–Trinajstić information content (AvgIpc) is 4.06. The predicted molar refractivity (Wildman–Crippen MR) is 272 cm³/mol. The maximum atomic E-state index is 6.35. The summed E-state index contributed by atoms with van der Waals surface area (Å²) in [5.74, 6) is 0. The zero-order valence-electron chi connectivity index (χ0n) is 35.6. The molecule has 3 heterocycles. The summed E-state index contributed by atoms with van der Waals surface area (Å²) in [4.78, 5) is 6.98. The number of nitrogens with zero attached hydrogens (tertiary/aromatic N) is 3. The fourth-order valence-corrected chi connectivity index (χ4v) is 9.60. The first-order valence-corrected chi connectivity index (χ1v) is 22.1. The van der Waals surface area contributed by atoms with Gasteiger partial charge in [-0.2, -0.15) is 0 Å². The smallest absolute Gasteiger partial charge is 0.135 e. The maximum absolute atomic E-state index is 6.35. The molecule has 0 aliphatic carbocycles. The number of rotatable bonds is 9. The molecule has 0 unspecified atom stereocenters. The summed E-state index contributed by atoms with van der Waals surface area (Å²) < 4.78 is 18.9. The quantitative estimate of drug-likeness (QED) is 0.144. The van der Waals surface area contributed by atoms with E-state index in [-0.39, 0.29) is 0 Å². The molecule has 0 fully saturated rings. The van der Waals surface area contributed by atoms with Crippen LogP contribution in [-0.2, 0) is 0 Å². The lowest BCUT2D eigenvalue weighted by molar-refractivity contribution is 0.668. The first-order chi connectivity index (χ1) is 32.7. The second-order valence-electron chi connectivity index (χ2n) is 16.6. The Morgan fingerprint density at radius 3 is 0.788 bits per heavy atom. The van der Waals surface area contributed by atoms with E-state index in [9.17, 15) is 0 Å². The van der Waals surface area contributed by atoms with Crippen LogP contribution in [0, 0.1) is 0 Å². The molecule has 3 aromatic heterocycles. The minimum atomic E-state index is 0.845.